The fraction of sp³-hybridized carbons (Fsp3) is 0.300. The summed E-state index contributed by atoms with van der Waals surface area (Å²) in [5.41, 5.74) is 7.74. The second kappa shape index (κ2) is 8.38. The molecule has 136 valence electrons. The summed E-state index contributed by atoms with van der Waals surface area (Å²) in [5, 5.41) is 0. The molecule has 2 N–H and O–H groups in total. The van der Waals surface area contributed by atoms with Gasteiger partial charge < -0.3 is 9.64 Å². The van der Waals surface area contributed by atoms with E-state index in [-0.39, 0.29) is 18.4 Å². The van der Waals surface area contributed by atoms with Crippen molar-refractivity contribution in [2.75, 3.05) is 24.6 Å². The van der Waals surface area contributed by atoms with Crippen LogP contribution in [0.3, 0.4) is 0 Å². The number of aryl methyl sites for hydroxylation is 1. The first-order chi connectivity index (χ1) is 12.7. The van der Waals surface area contributed by atoms with Crippen LogP contribution in [0.5, 0.6) is 5.75 Å². The number of rotatable bonds is 5. The molecule has 0 radical (unpaired) electrons. The van der Waals surface area contributed by atoms with Crippen molar-refractivity contribution in [3.05, 3.63) is 59.7 Å². The van der Waals surface area contributed by atoms with Crippen LogP contribution in [0, 0.1) is 0 Å². The van der Waals surface area contributed by atoms with Gasteiger partial charge in [0.1, 0.15) is 5.75 Å². The SMILES string of the molecule is CCOc1ccc(C(=O)NNC(=O)CN2CCCc3ccccc32)cc1. The highest BCUT2D eigenvalue weighted by Gasteiger charge is 2.18. The third-order valence-electron chi connectivity index (χ3n) is 4.28. The highest BCUT2D eigenvalue weighted by molar-refractivity contribution is 5.95. The Morgan fingerprint density at radius 1 is 1.08 bits per heavy atom. The first kappa shape index (κ1) is 17.8. The minimum absolute atomic E-state index is 0.209. The van der Waals surface area contributed by atoms with E-state index < -0.39 is 0 Å². The number of hydrogen-bond acceptors (Lipinski definition) is 4. The number of amides is 2. The molecule has 3 rings (SSSR count). The first-order valence-electron chi connectivity index (χ1n) is 8.82. The monoisotopic (exact) mass is 353 g/mol. The average Bonchev–Trinajstić information content (AvgIpc) is 2.67. The highest BCUT2D eigenvalue weighted by Crippen LogP contribution is 2.26. The van der Waals surface area contributed by atoms with E-state index in [1.165, 1.54) is 5.56 Å². The summed E-state index contributed by atoms with van der Waals surface area (Å²) in [6, 6.07) is 14.9. The number of fused-ring (bicyclic) bond motifs is 1. The highest BCUT2D eigenvalue weighted by atomic mass is 16.5. The number of nitrogens with zero attached hydrogens (tertiary/aromatic N) is 1. The molecule has 26 heavy (non-hydrogen) atoms. The number of hydrogen-bond donors (Lipinski definition) is 2. The lowest BCUT2D eigenvalue weighted by Crippen LogP contribution is -2.47. The van der Waals surface area contributed by atoms with E-state index in [1.54, 1.807) is 24.3 Å². The Morgan fingerprint density at radius 3 is 2.62 bits per heavy atom. The van der Waals surface area contributed by atoms with E-state index in [4.69, 9.17) is 4.74 Å². The number of anilines is 1. The second-order valence-electron chi connectivity index (χ2n) is 6.11. The van der Waals surface area contributed by atoms with Gasteiger partial charge in [0, 0.05) is 17.8 Å². The van der Waals surface area contributed by atoms with Gasteiger partial charge in [0.2, 0.25) is 0 Å². The predicted molar refractivity (Wildman–Crippen MR) is 100 cm³/mol. The van der Waals surface area contributed by atoms with E-state index in [0.717, 1.165) is 25.1 Å². The maximum absolute atomic E-state index is 12.2. The van der Waals surface area contributed by atoms with E-state index in [1.807, 2.05) is 30.0 Å². The van der Waals surface area contributed by atoms with Crippen molar-refractivity contribution < 1.29 is 14.3 Å². The number of carbonyl (C=O) groups excluding carboxylic acids is 2. The van der Waals surface area contributed by atoms with E-state index in [2.05, 4.69) is 16.9 Å². The zero-order valence-corrected chi connectivity index (χ0v) is 14.8. The van der Waals surface area contributed by atoms with Crippen LogP contribution in [-0.4, -0.2) is 31.5 Å². The van der Waals surface area contributed by atoms with Gasteiger partial charge in [-0.25, -0.2) is 0 Å². The molecule has 0 aliphatic carbocycles. The van der Waals surface area contributed by atoms with Crippen LogP contribution >= 0.6 is 0 Å². The third-order valence-corrected chi connectivity index (χ3v) is 4.28. The molecule has 0 fully saturated rings. The Morgan fingerprint density at radius 2 is 1.85 bits per heavy atom. The van der Waals surface area contributed by atoms with Gasteiger partial charge in [-0.2, -0.15) is 0 Å². The van der Waals surface area contributed by atoms with Crippen LogP contribution in [0.4, 0.5) is 5.69 Å². The van der Waals surface area contributed by atoms with Crippen LogP contribution < -0.4 is 20.5 Å². The Balaban J connectivity index is 1.52. The maximum Gasteiger partial charge on any atom is 0.269 e. The number of carbonyl (C=O) groups is 2. The molecule has 0 saturated carbocycles. The van der Waals surface area contributed by atoms with Crippen LogP contribution in [0.2, 0.25) is 0 Å². The lowest BCUT2D eigenvalue weighted by atomic mass is 10.0. The smallest absolute Gasteiger partial charge is 0.269 e. The summed E-state index contributed by atoms with van der Waals surface area (Å²) in [7, 11) is 0. The van der Waals surface area contributed by atoms with Crippen LogP contribution in [0.15, 0.2) is 48.5 Å². The summed E-state index contributed by atoms with van der Waals surface area (Å²) >= 11 is 0. The van der Waals surface area contributed by atoms with Gasteiger partial charge in [-0.15, -0.1) is 0 Å². The summed E-state index contributed by atoms with van der Waals surface area (Å²) < 4.78 is 5.35. The molecule has 1 aliphatic heterocycles. The molecule has 2 aromatic carbocycles. The molecular weight excluding hydrogens is 330 g/mol. The summed E-state index contributed by atoms with van der Waals surface area (Å²) in [4.78, 5) is 26.4. The molecule has 0 spiro atoms. The van der Waals surface area contributed by atoms with E-state index >= 15 is 0 Å². The summed E-state index contributed by atoms with van der Waals surface area (Å²) in [6.45, 7) is 3.51. The Kier molecular flexibility index (Phi) is 5.73. The normalized spacial score (nSPS) is 12.9. The van der Waals surface area contributed by atoms with E-state index in [9.17, 15) is 9.59 Å². The van der Waals surface area contributed by atoms with Crippen LogP contribution in [0.1, 0.15) is 29.3 Å². The van der Waals surface area contributed by atoms with Crippen molar-refractivity contribution in [2.45, 2.75) is 19.8 Å². The molecule has 6 heteroatoms. The van der Waals surface area contributed by atoms with Gasteiger partial charge in [-0.3, -0.25) is 20.4 Å². The zero-order chi connectivity index (χ0) is 18.4. The van der Waals surface area contributed by atoms with Crippen molar-refractivity contribution in [1.29, 1.82) is 0 Å². The first-order valence-corrected chi connectivity index (χ1v) is 8.82. The lowest BCUT2D eigenvalue weighted by Gasteiger charge is -2.30. The van der Waals surface area contributed by atoms with Crippen molar-refractivity contribution in [1.82, 2.24) is 10.9 Å². The van der Waals surface area contributed by atoms with Crippen LogP contribution in [-0.2, 0) is 11.2 Å². The average molecular weight is 353 g/mol. The zero-order valence-electron chi connectivity index (χ0n) is 14.8. The van der Waals surface area contributed by atoms with Gasteiger partial charge in [-0.1, -0.05) is 18.2 Å². The molecular formula is C20H23N3O3. The Bertz CT molecular complexity index is 774. The number of ether oxygens (including phenoxy) is 1. The van der Waals surface area contributed by atoms with E-state index in [0.29, 0.717) is 17.9 Å². The lowest BCUT2D eigenvalue weighted by molar-refractivity contribution is -0.120. The molecule has 6 nitrogen and oxygen atoms in total. The molecule has 0 atom stereocenters. The Labute approximate surface area is 153 Å². The topological polar surface area (TPSA) is 70.7 Å². The summed E-state index contributed by atoms with van der Waals surface area (Å²) in [6.07, 6.45) is 2.05. The minimum atomic E-state index is -0.361. The van der Waals surface area contributed by atoms with Crippen molar-refractivity contribution >= 4 is 17.5 Å². The quantitative estimate of drug-likeness (QED) is 0.809. The fourth-order valence-electron chi connectivity index (χ4n) is 3.06. The molecule has 0 bridgehead atoms. The maximum atomic E-state index is 12.2. The van der Waals surface area contributed by atoms with Crippen molar-refractivity contribution in [2.24, 2.45) is 0 Å². The van der Waals surface area contributed by atoms with Gasteiger partial charge in [0.05, 0.1) is 13.2 Å². The summed E-state index contributed by atoms with van der Waals surface area (Å²) in [5.74, 6) is 0.0956. The van der Waals surface area contributed by atoms with Gasteiger partial charge in [0.15, 0.2) is 0 Å². The second-order valence-corrected chi connectivity index (χ2v) is 6.11. The standard InChI is InChI=1S/C20H23N3O3/c1-2-26-17-11-9-16(10-12-17)20(25)22-21-19(24)14-23-13-5-7-15-6-3-4-8-18(15)23/h3-4,6,8-12H,2,5,7,13-14H2,1H3,(H,21,24)(H,22,25). The molecule has 0 unspecified atom stereocenters. The minimum Gasteiger partial charge on any atom is -0.494 e. The number of hydrazine groups is 1. The van der Waals surface area contributed by atoms with Crippen LogP contribution in [0.25, 0.3) is 0 Å². The fourth-order valence-corrected chi connectivity index (χ4v) is 3.06. The number of nitrogens with one attached hydrogen (secondary N) is 2. The molecule has 0 aromatic heterocycles. The predicted octanol–water partition coefficient (Wildman–Crippen LogP) is 2.30. The molecule has 1 heterocycles. The third kappa shape index (κ3) is 4.33. The molecule has 1 aliphatic rings. The Hall–Kier alpha value is -3.02. The van der Waals surface area contributed by atoms with Crippen molar-refractivity contribution in [3.63, 3.8) is 0 Å². The number of benzene rings is 2. The van der Waals surface area contributed by atoms with Gasteiger partial charge >= 0.3 is 0 Å². The molecule has 2 amide bonds. The number of para-hydroxylation sites is 1. The molecule has 0 saturated heterocycles. The van der Waals surface area contributed by atoms with Gasteiger partial charge in [0.25, 0.3) is 11.8 Å². The molecule has 2 aromatic rings. The largest absolute Gasteiger partial charge is 0.494 e. The van der Waals surface area contributed by atoms with Crippen molar-refractivity contribution in [3.8, 4) is 5.75 Å². The van der Waals surface area contributed by atoms with Gasteiger partial charge in [-0.05, 0) is 55.7 Å².